The summed E-state index contributed by atoms with van der Waals surface area (Å²) in [6.07, 6.45) is 1.81. The number of aromatic nitrogens is 1. The molecule has 1 aliphatic rings. The Morgan fingerprint density at radius 3 is 2.59 bits per heavy atom. The fourth-order valence-electron chi connectivity index (χ4n) is 3.62. The summed E-state index contributed by atoms with van der Waals surface area (Å²) in [5.74, 6) is -0.0709. The number of carbonyl (C=O) groups excluding carboxylic acids is 1. The van der Waals surface area contributed by atoms with Crippen LogP contribution in [-0.2, 0) is 9.53 Å². The first-order valence-electron chi connectivity index (χ1n) is 9.54. The van der Waals surface area contributed by atoms with E-state index in [4.69, 9.17) is 21.1 Å². The maximum absolute atomic E-state index is 13.5. The average molecular weight is 534 g/mol. The molecule has 32 heavy (non-hydrogen) atoms. The highest BCUT2D eigenvalue weighted by molar-refractivity contribution is 9.10. The van der Waals surface area contributed by atoms with Gasteiger partial charge >= 0.3 is 5.97 Å². The third-order valence-electron chi connectivity index (χ3n) is 5.08. The molecule has 2 aromatic carbocycles. The molecule has 0 bridgehead atoms. The molecule has 0 fully saturated rings. The highest BCUT2D eigenvalue weighted by Crippen LogP contribution is 2.37. The van der Waals surface area contributed by atoms with E-state index < -0.39 is 12.0 Å². The van der Waals surface area contributed by atoms with Crippen LogP contribution in [-0.4, -0.2) is 24.8 Å². The van der Waals surface area contributed by atoms with Gasteiger partial charge in [-0.05, 0) is 48.9 Å². The summed E-state index contributed by atoms with van der Waals surface area (Å²) in [7, 11) is 2.83. The van der Waals surface area contributed by atoms with Crippen LogP contribution in [0.25, 0.3) is 6.08 Å². The van der Waals surface area contributed by atoms with Gasteiger partial charge in [0, 0.05) is 15.1 Å². The summed E-state index contributed by atoms with van der Waals surface area (Å²) in [5.41, 5.74) is 1.92. The molecule has 1 atom stereocenters. The average Bonchev–Trinajstić information content (AvgIpc) is 3.08. The lowest BCUT2D eigenvalue weighted by molar-refractivity contribution is -0.136. The molecular weight excluding hydrogens is 516 g/mol. The van der Waals surface area contributed by atoms with Gasteiger partial charge < -0.3 is 9.47 Å². The Kier molecular flexibility index (Phi) is 6.37. The third kappa shape index (κ3) is 4.05. The number of ether oxygens (including phenoxy) is 2. The largest absolute Gasteiger partial charge is 0.496 e. The van der Waals surface area contributed by atoms with Crippen molar-refractivity contribution in [2.24, 2.45) is 4.99 Å². The van der Waals surface area contributed by atoms with E-state index in [1.54, 1.807) is 31.2 Å². The SMILES string of the molecule is COC(=O)C1=C(C)N=c2s/c(=C\c3ccc(Br)cc3)c(=O)n2[C@@H]1c1cc(Cl)ccc1OC. The molecule has 9 heteroatoms. The van der Waals surface area contributed by atoms with Crippen LogP contribution in [0.2, 0.25) is 5.02 Å². The summed E-state index contributed by atoms with van der Waals surface area (Å²) in [5, 5.41) is 0.455. The maximum atomic E-state index is 13.5. The molecule has 0 radical (unpaired) electrons. The fourth-order valence-corrected chi connectivity index (χ4v) is 5.11. The lowest BCUT2D eigenvalue weighted by Gasteiger charge is -2.25. The smallest absolute Gasteiger partial charge is 0.338 e. The third-order valence-corrected chi connectivity index (χ3v) is 6.83. The zero-order chi connectivity index (χ0) is 23.0. The number of esters is 1. The van der Waals surface area contributed by atoms with Crippen molar-refractivity contribution in [3.05, 3.63) is 94.0 Å². The Hall–Kier alpha value is -2.68. The van der Waals surface area contributed by atoms with Crippen molar-refractivity contribution in [1.29, 1.82) is 0 Å². The molecule has 0 saturated carbocycles. The van der Waals surface area contributed by atoms with Crippen molar-refractivity contribution >= 4 is 50.9 Å². The van der Waals surface area contributed by atoms with Gasteiger partial charge in [0.2, 0.25) is 0 Å². The minimum atomic E-state index is -0.792. The van der Waals surface area contributed by atoms with Crippen molar-refractivity contribution in [2.75, 3.05) is 14.2 Å². The second kappa shape index (κ2) is 9.05. The standard InChI is InChI=1S/C23H18BrClN2O4S/c1-12-19(22(29)31-3)20(16-11-15(25)8-9-17(16)30-2)27-21(28)18(32-23(27)26-12)10-13-4-6-14(24)7-5-13/h4-11,20H,1-3H3/b18-10-/t20-/m1/s1. The lowest BCUT2D eigenvalue weighted by atomic mass is 9.95. The fraction of sp³-hybridized carbons (Fsp3) is 0.174. The predicted molar refractivity (Wildman–Crippen MR) is 128 cm³/mol. The van der Waals surface area contributed by atoms with Crippen LogP contribution in [0.4, 0.5) is 0 Å². The summed E-state index contributed by atoms with van der Waals surface area (Å²) in [6.45, 7) is 1.72. The van der Waals surface area contributed by atoms with Crippen molar-refractivity contribution in [3.63, 3.8) is 0 Å². The van der Waals surface area contributed by atoms with Gasteiger partial charge in [0.1, 0.15) is 11.8 Å². The molecule has 2 heterocycles. The number of halogens is 2. The van der Waals surface area contributed by atoms with Crippen LogP contribution in [0.15, 0.2) is 68.0 Å². The van der Waals surface area contributed by atoms with E-state index in [0.717, 1.165) is 10.0 Å². The molecule has 0 amide bonds. The zero-order valence-electron chi connectivity index (χ0n) is 17.4. The molecule has 3 aromatic rings. The van der Waals surface area contributed by atoms with Crippen LogP contribution < -0.4 is 19.6 Å². The normalized spacial score (nSPS) is 15.9. The van der Waals surface area contributed by atoms with Crippen LogP contribution in [0.5, 0.6) is 5.75 Å². The number of benzene rings is 2. The van der Waals surface area contributed by atoms with E-state index in [2.05, 4.69) is 20.9 Å². The van der Waals surface area contributed by atoms with E-state index in [9.17, 15) is 9.59 Å². The maximum Gasteiger partial charge on any atom is 0.338 e. The van der Waals surface area contributed by atoms with Crippen molar-refractivity contribution < 1.29 is 14.3 Å². The van der Waals surface area contributed by atoms with Crippen molar-refractivity contribution in [1.82, 2.24) is 4.57 Å². The molecule has 6 nitrogen and oxygen atoms in total. The first-order chi connectivity index (χ1) is 15.3. The molecule has 1 aliphatic heterocycles. The van der Waals surface area contributed by atoms with Gasteiger partial charge in [-0.2, -0.15) is 0 Å². The molecule has 0 N–H and O–H groups in total. The van der Waals surface area contributed by atoms with Gasteiger partial charge in [-0.25, -0.2) is 9.79 Å². The summed E-state index contributed by atoms with van der Waals surface area (Å²) >= 11 is 10.9. The van der Waals surface area contributed by atoms with Gasteiger partial charge in [0.25, 0.3) is 5.56 Å². The Labute approximate surface area is 201 Å². The Morgan fingerprint density at radius 2 is 1.94 bits per heavy atom. The number of thiazole rings is 1. The highest BCUT2D eigenvalue weighted by atomic mass is 79.9. The zero-order valence-corrected chi connectivity index (χ0v) is 20.5. The van der Waals surface area contributed by atoms with Crippen LogP contribution in [0, 0.1) is 0 Å². The molecule has 0 unspecified atom stereocenters. The molecule has 0 saturated heterocycles. The summed E-state index contributed by atoms with van der Waals surface area (Å²) < 4.78 is 13.5. The summed E-state index contributed by atoms with van der Waals surface area (Å²) in [6, 6.07) is 11.9. The topological polar surface area (TPSA) is 69.9 Å². The van der Waals surface area contributed by atoms with Crippen molar-refractivity contribution in [3.8, 4) is 5.75 Å². The highest BCUT2D eigenvalue weighted by Gasteiger charge is 2.35. The van der Waals surface area contributed by atoms with E-state index >= 15 is 0 Å². The van der Waals surface area contributed by atoms with E-state index in [-0.39, 0.29) is 11.1 Å². The number of hydrogen-bond donors (Lipinski definition) is 0. The minimum absolute atomic E-state index is 0.260. The number of rotatable bonds is 4. The minimum Gasteiger partial charge on any atom is -0.496 e. The Morgan fingerprint density at radius 1 is 1.22 bits per heavy atom. The van der Waals surface area contributed by atoms with E-state index in [0.29, 0.717) is 31.4 Å². The van der Waals surface area contributed by atoms with Crippen LogP contribution in [0.3, 0.4) is 0 Å². The van der Waals surface area contributed by atoms with Crippen LogP contribution in [0.1, 0.15) is 24.1 Å². The Bertz CT molecular complexity index is 1420. The molecule has 0 aliphatic carbocycles. The summed E-state index contributed by atoms with van der Waals surface area (Å²) in [4.78, 5) is 31.3. The molecule has 164 valence electrons. The first kappa shape index (κ1) is 22.5. The van der Waals surface area contributed by atoms with Gasteiger partial charge in [0.05, 0.1) is 30.0 Å². The predicted octanol–water partition coefficient (Wildman–Crippen LogP) is 3.83. The number of carbonyl (C=O) groups is 1. The van der Waals surface area contributed by atoms with Gasteiger partial charge in [0.15, 0.2) is 4.80 Å². The molecule has 1 aromatic heterocycles. The number of methoxy groups -OCH3 is 2. The van der Waals surface area contributed by atoms with E-state index in [1.165, 1.54) is 30.1 Å². The first-order valence-corrected chi connectivity index (χ1v) is 11.5. The monoisotopic (exact) mass is 532 g/mol. The second-order valence-corrected chi connectivity index (χ2v) is 9.37. The second-order valence-electron chi connectivity index (χ2n) is 7.01. The molecular formula is C23H18BrClN2O4S. The van der Waals surface area contributed by atoms with Gasteiger partial charge in [-0.3, -0.25) is 9.36 Å². The van der Waals surface area contributed by atoms with Gasteiger partial charge in [-0.1, -0.05) is 51.0 Å². The van der Waals surface area contributed by atoms with Crippen molar-refractivity contribution in [2.45, 2.75) is 13.0 Å². The quantitative estimate of drug-likeness (QED) is 0.478. The van der Waals surface area contributed by atoms with E-state index in [1.807, 2.05) is 24.3 Å². The number of allylic oxidation sites excluding steroid dienone is 1. The number of nitrogens with zero attached hydrogens (tertiary/aromatic N) is 2. The number of fused-ring (bicyclic) bond motifs is 1. The molecule has 4 rings (SSSR count). The van der Waals surface area contributed by atoms with Gasteiger partial charge in [-0.15, -0.1) is 0 Å². The molecule has 0 spiro atoms. The van der Waals surface area contributed by atoms with Crippen LogP contribution >= 0.6 is 38.9 Å². The number of hydrogen-bond acceptors (Lipinski definition) is 6. The lowest BCUT2D eigenvalue weighted by Crippen LogP contribution is -2.40. The Balaban J connectivity index is 2.02.